The number of aromatic nitrogens is 1. The SMILES string of the molecule is Cc1oc(CCc2ccccc2F)nc1CC#N. The molecule has 0 unspecified atom stereocenters. The Kier molecular flexibility index (Phi) is 3.73. The van der Waals surface area contributed by atoms with Crippen molar-refractivity contribution in [2.45, 2.75) is 26.2 Å². The molecule has 0 fully saturated rings. The maximum absolute atomic E-state index is 13.4. The average Bonchev–Trinajstić information content (AvgIpc) is 2.70. The van der Waals surface area contributed by atoms with Crippen molar-refractivity contribution in [3.05, 3.63) is 53.0 Å². The van der Waals surface area contributed by atoms with E-state index in [4.69, 9.17) is 9.68 Å². The van der Waals surface area contributed by atoms with Crippen LogP contribution in [0.25, 0.3) is 0 Å². The van der Waals surface area contributed by atoms with Crippen LogP contribution in [0.1, 0.15) is 22.9 Å². The zero-order valence-corrected chi connectivity index (χ0v) is 10.1. The van der Waals surface area contributed by atoms with E-state index in [0.29, 0.717) is 35.7 Å². The number of rotatable bonds is 4. The van der Waals surface area contributed by atoms with Gasteiger partial charge in [-0.05, 0) is 25.0 Å². The van der Waals surface area contributed by atoms with Crippen molar-refractivity contribution in [3.8, 4) is 6.07 Å². The first kappa shape index (κ1) is 12.3. The predicted octanol–water partition coefficient (Wildman–Crippen LogP) is 2.97. The van der Waals surface area contributed by atoms with Gasteiger partial charge in [0.25, 0.3) is 0 Å². The first-order valence-electron chi connectivity index (χ1n) is 5.76. The zero-order valence-electron chi connectivity index (χ0n) is 10.1. The van der Waals surface area contributed by atoms with Gasteiger partial charge >= 0.3 is 0 Å². The maximum atomic E-state index is 13.4. The zero-order chi connectivity index (χ0) is 13.0. The van der Waals surface area contributed by atoms with Gasteiger partial charge in [0.2, 0.25) is 0 Å². The molecule has 92 valence electrons. The minimum Gasteiger partial charge on any atom is -0.446 e. The third-order valence-corrected chi connectivity index (χ3v) is 2.75. The van der Waals surface area contributed by atoms with Crippen LogP contribution in [-0.4, -0.2) is 4.98 Å². The Morgan fingerprint density at radius 1 is 1.33 bits per heavy atom. The number of nitriles is 1. The monoisotopic (exact) mass is 244 g/mol. The number of hydrogen-bond donors (Lipinski definition) is 0. The fourth-order valence-corrected chi connectivity index (χ4v) is 1.78. The van der Waals surface area contributed by atoms with E-state index in [1.165, 1.54) is 6.07 Å². The molecule has 1 heterocycles. The number of benzene rings is 1. The van der Waals surface area contributed by atoms with E-state index in [-0.39, 0.29) is 12.2 Å². The molecular formula is C14H13FN2O. The van der Waals surface area contributed by atoms with Gasteiger partial charge in [-0.25, -0.2) is 9.37 Å². The van der Waals surface area contributed by atoms with E-state index in [1.54, 1.807) is 25.1 Å². The second-order valence-corrected chi connectivity index (χ2v) is 4.04. The summed E-state index contributed by atoms with van der Waals surface area (Å²) in [5.41, 5.74) is 1.32. The molecule has 1 aromatic heterocycles. The molecule has 3 nitrogen and oxygen atoms in total. The van der Waals surface area contributed by atoms with Gasteiger partial charge in [-0.2, -0.15) is 5.26 Å². The van der Waals surface area contributed by atoms with Gasteiger partial charge in [-0.1, -0.05) is 18.2 Å². The van der Waals surface area contributed by atoms with Gasteiger partial charge in [-0.15, -0.1) is 0 Å². The normalized spacial score (nSPS) is 10.3. The Labute approximate surface area is 105 Å². The molecule has 4 heteroatoms. The largest absolute Gasteiger partial charge is 0.446 e. The predicted molar refractivity (Wildman–Crippen MR) is 64.4 cm³/mol. The van der Waals surface area contributed by atoms with Crippen molar-refractivity contribution >= 4 is 0 Å². The van der Waals surface area contributed by atoms with Crippen molar-refractivity contribution in [2.24, 2.45) is 0 Å². The average molecular weight is 244 g/mol. The van der Waals surface area contributed by atoms with E-state index in [0.717, 1.165) is 0 Å². The highest BCUT2D eigenvalue weighted by Gasteiger charge is 2.10. The van der Waals surface area contributed by atoms with E-state index in [2.05, 4.69) is 4.98 Å². The second-order valence-electron chi connectivity index (χ2n) is 4.04. The number of halogens is 1. The lowest BCUT2D eigenvalue weighted by atomic mass is 10.1. The molecule has 1 aromatic carbocycles. The summed E-state index contributed by atoms with van der Waals surface area (Å²) in [5, 5.41) is 8.62. The summed E-state index contributed by atoms with van der Waals surface area (Å²) in [5.74, 6) is 1.01. The first-order valence-corrected chi connectivity index (χ1v) is 5.76. The summed E-state index contributed by atoms with van der Waals surface area (Å²) >= 11 is 0. The molecule has 0 amide bonds. The molecule has 0 saturated heterocycles. The molecule has 0 N–H and O–H groups in total. The topological polar surface area (TPSA) is 49.8 Å². The maximum Gasteiger partial charge on any atom is 0.194 e. The highest BCUT2D eigenvalue weighted by Crippen LogP contribution is 2.14. The number of nitrogens with zero attached hydrogens (tertiary/aromatic N) is 2. The minimum absolute atomic E-state index is 0.210. The molecule has 0 radical (unpaired) electrons. The van der Waals surface area contributed by atoms with E-state index >= 15 is 0 Å². The van der Waals surface area contributed by atoms with Crippen molar-refractivity contribution in [1.82, 2.24) is 4.98 Å². The summed E-state index contributed by atoms with van der Waals surface area (Å²) in [6.45, 7) is 1.78. The van der Waals surface area contributed by atoms with Crippen LogP contribution in [0.3, 0.4) is 0 Å². The van der Waals surface area contributed by atoms with Crippen molar-refractivity contribution < 1.29 is 8.81 Å². The number of hydrogen-bond acceptors (Lipinski definition) is 3. The van der Waals surface area contributed by atoms with E-state index in [1.807, 2.05) is 6.07 Å². The van der Waals surface area contributed by atoms with Crippen LogP contribution < -0.4 is 0 Å². The fourth-order valence-electron chi connectivity index (χ4n) is 1.78. The van der Waals surface area contributed by atoms with Crippen molar-refractivity contribution in [3.63, 3.8) is 0 Å². The Hall–Kier alpha value is -2.15. The van der Waals surface area contributed by atoms with Gasteiger partial charge < -0.3 is 4.42 Å². The molecule has 0 atom stereocenters. The van der Waals surface area contributed by atoms with Crippen LogP contribution in [0.2, 0.25) is 0 Å². The summed E-state index contributed by atoms with van der Waals surface area (Å²) < 4.78 is 18.8. The van der Waals surface area contributed by atoms with Gasteiger partial charge in [0.1, 0.15) is 11.6 Å². The van der Waals surface area contributed by atoms with Gasteiger partial charge in [0.05, 0.1) is 18.2 Å². The molecule has 2 rings (SSSR count). The van der Waals surface area contributed by atoms with Crippen LogP contribution in [-0.2, 0) is 19.3 Å². The van der Waals surface area contributed by atoms with Crippen LogP contribution >= 0.6 is 0 Å². The van der Waals surface area contributed by atoms with Crippen LogP contribution in [0.4, 0.5) is 4.39 Å². The lowest BCUT2D eigenvalue weighted by Crippen LogP contribution is -1.95. The standard InChI is InChI=1S/C14H13FN2O/c1-10-13(8-9-16)17-14(18-10)7-6-11-4-2-3-5-12(11)15/h2-5H,6-8H2,1H3. The molecule has 0 spiro atoms. The molecule has 0 aliphatic heterocycles. The summed E-state index contributed by atoms with van der Waals surface area (Å²) in [7, 11) is 0. The van der Waals surface area contributed by atoms with E-state index in [9.17, 15) is 4.39 Å². The molecule has 0 aliphatic rings. The third-order valence-electron chi connectivity index (χ3n) is 2.75. The van der Waals surface area contributed by atoms with Gasteiger partial charge in [0.15, 0.2) is 5.89 Å². The molecular weight excluding hydrogens is 231 g/mol. The minimum atomic E-state index is -0.210. The highest BCUT2D eigenvalue weighted by atomic mass is 19.1. The van der Waals surface area contributed by atoms with Crippen LogP contribution in [0, 0.1) is 24.1 Å². The first-order chi connectivity index (χ1) is 8.70. The summed E-state index contributed by atoms with van der Waals surface area (Å²) in [6.07, 6.45) is 1.32. The van der Waals surface area contributed by atoms with Crippen molar-refractivity contribution in [1.29, 1.82) is 5.26 Å². The second kappa shape index (κ2) is 5.46. The highest BCUT2D eigenvalue weighted by molar-refractivity contribution is 5.18. The molecule has 0 saturated carbocycles. The number of oxazole rings is 1. The van der Waals surface area contributed by atoms with Crippen LogP contribution in [0.5, 0.6) is 0 Å². The molecule has 18 heavy (non-hydrogen) atoms. The van der Waals surface area contributed by atoms with Crippen molar-refractivity contribution in [2.75, 3.05) is 0 Å². The number of aryl methyl sites for hydroxylation is 3. The Bertz CT molecular complexity index is 584. The van der Waals surface area contributed by atoms with E-state index < -0.39 is 0 Å². The van der Waals surface area contributed by atoms with Gasteiger partial charge in [-0.3, -0.25) is 0 Å². The van der Waals surface area contributed by atoms with Crippen LogP contribution in [0.15, 0.2) is 28.7 Å². The lowest BCUT2D eigenvalue weighted by molar-refractivity contribution is 0.468. The fraction of sp³-hybridized carbons (Fsp3) is 0.286. The third kappa shape index (κ3) is 2.75. The molecule has 0 bridgehead atoms. The Balaban J connectivity index is 2.05. The summed E-state index contributed by atoms with van der Waals surface area (Å²) in [6, 6.07) is 8.70. The Morgan fingerprint density at radius 3 is 2.83 bits per heavy atom. The van der Waals surface area contributed by atoms with Gasteiger partial charge in [0, 0.05) is 6.42 Å². The smallest absolute Gasteiger partial charge is 0.194 e. The Morgan fingerprint density at radius 2 is 2.11 bits per heavy atom. The summed E-state index contributed by atoms with van der Waals surface area (Å²) in [4.78, 5) is 4.23. The lowest BCUT2D eigenvalue weighted by Gasteiger charge is -1.99. The molecule has 2 aromatic rings. The molecule has 0 aliphatic carbocycles. The quantitative estimate of drug-likeness (QED) is 0.830.